The van der Waals surface area contributed by atoms with E-state index in [4.69, 9.17) is 9.15 Å². The fourth-order valence-electron chi connectivity index (χ4n) is 3.05. The first-order chi connectivity index (χ1) is 13.1. The molecule has 0 radical (unpaired) electrons. The Labute approximate surface area is 164 Å². The molecule has 28 heavy (non-hydrogen) atoms. The average molecular weight is 388 g/mol. The number of benzene rings is 1. The van der Waals surface area contributed by atoms with Crippen molar-refractivity contribution in [3.63, 3.8) is 0 Å². The maximum Gasteiger partial charge on any atom is 0.318 e. The first kappa shape index (κ1) is 20.1. The molecule has 1 fully saturated rings. The van der Waals surface area contributed by atoms with Crippen molar-refractivity contribution in [3.8, 4) is 0 Å². The van der Waals surface area contributed by atoms with Crippen LogP contribution >= 0.6 is 0 Å². The van der Waals surface area contributed by atoms with Gasteiger partial charge in [-0.05, 0) is 23.1 Å². The van der Waals surface area contributed by atoms with Crippen LogP contribution < -0.4 is 5.32 Å². The second-order valence-corrected chi connectivity index (χ2v) is 8.24. The molecule has 1 aromatic heterocycles. The number of nitrogens with zero attached hydrogens (tertiary/aromatic N) is 3. The van der Waals surface area contributed by atoms with Crippen LogP contribution in [-0.2, 0) is 21.5 Å². The van der Waals surface area contributed by atoms with E-state index < -0.39 is 6.10 Å². The molecule has 3 rings (SSSR count). The van der Waals surface area contributed by atoms with E-state index in [1.54, 1.807) is 19.0 Å². The summed E-state index contributed by atoms with van der Waals surface area (Å²) in [5.41, 5.74) is 2.67. The van der Waals surface area contributed by atoms with E-state index in [2.05, 4.69) is 31.1 Å². The Kier molecular flexibility index (Phi) is 5.60. The van der Waals surface area contributed by atoms with Crippen LogP contribution in [0, 0.1) is 0 Å². The predicted octanol–water partition coefficient (Wildman–Crippen LogP) is 2.12. The van der Waals surface area contributed by atoms with Crippen LogP contribution in [0.4, 0.5) is 4.79 Å². The Bertz CT molecular complexity index is 869. The number of hydrogen-bond donors (Lipinski definition) is 1. The van der Waals surface area contributed by atoms with Gasteiger partial charge < -0.3 is 24.3 Å². The largest absolute Gasteiger partial charge is 0.439 e. The number of fused-ring (bicyclic) bond motifs is 1. The van der Waals surface area contributed by atoms with Crippen molar-refractivity contribution >= 4 is 23.0 Å². The molecule has 1 aliphatic heterocycles. The molecule has 1 aromatic carbocycles. The lowest BCUT2D eigenvalue weighted by Gasteiger charge is -2.33. The van der Waals surface area contributed by atoms with Crippen LogP contribution in [0.5, 0.6) is 0 Å². The Morgan fingerprint density at radius 2 is 2.07 bits per heavy atom. The average Bonchev–Trinajstić information content (AvgIpc) is 3.07. The molecule has 3 amide bonds. The summed E-state index contributed by atoms with van der Waals surface area (Å²) in [6, 6.07) is 5.69. The summed E-state index contributed by atoms with van der Waals surface area (Å²) >= 11 is 0. The highest BCUT2D eigenvalue weighted by Crippen LogP contribution is 2.26. The number of amides is 3. The van der Waals surface area contributed by atoms with E-state index in [1.807, 2.05) is 18.2 Å². The van der Waals surface area contributed by atoms with Gasteiger partial charge in [0.05, 0.1) is 19.7 Å². The predicted molar refractivity (Wildman–Crippen MR) is 105 cm³/mol. The molecule has 0 unspecified atom stereocenters. The third-order valence-corrected chi connectivity index (χ3v) is 4.76. The lowest BCUT2D eigenvalue weighted by molar-refractivity contribution is -0.145. The number of carbonyl (C=O) groups is 2. The smallest absolute Gasteiger partial charge is 0.318 e. The van der Waals surface area contributed by atoms with Gasteiger partial charge in [-0.25, -0.2) is 9.78 Å². The van der Waals surface area contributed by atoms with Crippen LogP contribution in [-0.4, -0.2) is 66.6 Å². The summed E-state index contributed by atoms with van der Waals surface area (Å²) in [5, 5.41) is 2.81. The number of likely N-dealkylation sites (N-methyl/N-ethyl adjacent to an activating group) is 1. The van der Waals surface area contributed by atoms with Gasteiger partial charge in [0.25, 0.3) is 5.91 Å². The van der Waals surface area contributed by atoms with Crippen LogP contribution in [0.2, 0.25) is 0 Å². The summed E-state index contributed by atoms with van der Waals surface area (Å²) < 4.78 is 11.2. The number of hydrogen-bond acceptors (Lipinski definition) is 5. The van der Waals surface area contributed by atoms with Crippen molar-refractivity contribution in [2.75, 3.05) is 33.8 Å². The van der Waals surface area contributed by atoms with E-state index in [9.17, 15) is 9.59 Å². The Hall–Kier alpha value is -2.61. The van der Waals surface area contributed by atoms with Crippen LogP contribution in [0.25, 0.3) is 11.1 Å². The fourth-order valence-corrected chi connectivity index (χ4v) is 3.05. The number of morpholine rings is 1. The molecule has 8 heteroatoms. The van der Waals surface area contributed by atoms with Crippen molar-refractivity contribution in [1.29, 1.82) is 0 Å². The number of oxazole rings is 1. The molecule has 1 saturated heterocycles. The highest BCUT2D eigenvalue weighted by molar-refractivity contribution is 5.82. The van der Waals surface area contributed by atoms with Gasteiger partial charge in [0, 0.05) is 20.6 Å². The molecule has 0 spiro atoms. The van der Waals surface area contributed by atoms with Crippen molar-refractivity contribution in [2.24, 2.45) is 0 Å². The first-order valence-electron chi connectivity index (χ1n) is 9.40. The van der Waals surface area contributed by atoms with Gasteiger partial charge in [-0.2, -0.15) is 0 Å². The number of rotatable bonds is 3. The van der Waals surface area contributed by atoms with Gasteiger partial charge in [-0.15, -0.1) is 0 Å². The molecule has 0 aliphatic carbocycles. The molecular formula is C20H28N4O4. The molecule has 2 heterocycles. The Balaban J connectivity index is 1.62. The zero-order valence-corrected chi connectivity index (χ0v) is 17.1. The van der Waals surface area contributed by atoms with Gasteiger partial charge in [0.2, 0.25) is 5.89 Å². The van der Waals surface area contributed by atoms with Crippen LogP contribution in [0.3, 0.4) is 0 Å². The minimum Gasteiger partial charge on any atom is -0.439 e. The maximum atomic E-state index is 12.5. The van der Waals surface area contributed by atoms with E-state index in [0.717, 1.165) is 5.52 Å². The maximum absolute atomic E-state index is 12.5. The molecule has 1 atom stereocenters. The lowest BCUT2D eigenvalue weighted by Crippen LogP contribution is -2.53. The Morgan fingerprint density at radius 3 is 2.75 bits per heavy atom. The Morgan fingerprint density at radius 1 is 1.32 bits per heavy atom. The zero-order valence-electron chi connectivity index (χ0n) is 17.1. The van der Waals surface area contributed by atoms with E-state index in [0.29, 0.717) is 24.6 Å². The van der Waals surface area contributed by atoms with Gasteiger partial charge in [0.1, 0.15) is 5.52 Å². The van der Waals surface area contributed by atoms with Crippen LogP contribution in [0.1, 0.15) is 32.2 Å². The molecule has 152 valence electrons. The highest BCUT2D eigenvalue weighted by Gasteiger charge is 2.30. The summed E-state index contributed by atoms with van der Waals surface area (Å²) in [4.78, 5) is 32.1. The minimum absolute atomic E-state index is 0.0262. The summed E-state index contributed by atoms with van der Waals surface area (Å²) in [6.45, 7) is 7.61. The molecule has 1 N–H and O–H groups in total. The number of ether oxygens (including phenoxy) is 1. The molecule has 8 nitrogen and oxygen atoms in total. The molecule has 1 aliphatic rings. The molecular weight excluding hydrogens is 360 g/mol. The second kappa shape index (κ2) is 7.79. The summed E-state index contributed by atoms with van der Waals surface area (Å²) in [7, 11) is 3.34. The second-order valence-electron chi connectivity index (χ2n) is 8.24. The highest BCUT2D eigenvalue weighted by atomic mass is 16.5. The lowest BCUT2D eigenvalue weighted by atomic mass is 9.87. The summed E-state index contributed by atoms with van der Waals surface area (Å²) in [5.74, 6) is 0.301. The van der Waals surface area contributed by atoms with Gasteiger partial charge >= 0.3 is 6.03 Å². The first-order valence-corrected chi connectivity index (χ1v) is 9.40. The summed E-state index contributed by atoms with van der Waals surface area (Å²) in [6.07, 6.45) is -0.630. The van der Waals surface area contributed by atoms with Crippen molar-refractivity contribution < 1.29 is 18.7 Å². The number of aromatic nitrogens is 1. The third-order valence-electron chi connectivity index (χ3n) is 4.76. The van der Waals surface area contributed by atoms with Gasteiger partial charge in [-0.3, -0.25) is 4.79 Å². The zero-order chi connectivity index (χ0) is 20.5. The van der Waals surface area contributed by atoms with Crippen molar-refractivity contribution in [2.45, 2.75) is 38.8 Å². The van der Waals surface area contributed by atoms with Gasteiger partial charge in [-0.1, -0.05) is 26.8 Å². The number of urea groups is 1. The molecule has 0 saturated carbocycles. The molecule has 0 bridgehead atoms. The minimum atomic E-state index is -0.630. The van der Waals surface area contributed by atoms with E-state index in [-0.39, 0.29) is 30.4 Å². The van der Waals surface area contributed by atoms with Gasteiger partial charge in [0.15, 0.2) is 11.7 Å². The van der Waals surface area contributed by atoms with Crippen molar-refractivity contribution in [1.82, 2.24) is 20.1 Å². The fraction of sp³-hybridized carbons (Fsp3) is 0.550. The van der Waals surface area contributed by atoms with Crippen LogP contribution in [0.15, 0.2) is 22.6 Å². The quantitative estimate of drug-likeness (QED) is 0.870. The number of nitrogens with one attached hydrogen (secondary N) is 1. The van der Waals surface area contributed by atoms with E-state index in [1.165, 1.54) is 10.5 Å². The monoisotopic (exact) mass is 388 g/mol. The normalized spacial score (nSPS) is 17.6. The van der Waals surface area contributed by atoms with E-state index >= 15 is 0 Å². The van der Waals surface area contributed by atoms with Crippen molar-refractivity contribution in [3.05, 3.63) is 29.7 Å². The number of carbonyl (C=O) groups excluding carboxylic acids is 2. The topological polar surface area (TPSA) is 87.9 Å². The third kappa shape index (κ3) is 4.44. The SMILES string of the molecule is CN(C)C(=O)[C@H]1CN(C(=O)NCc2nc3cc(C(C)(C)C)ccc3o2)CCO1. The standard InChI is InChI=1S/C20H28N4O4/c1-20(2,3)13-6-7-15-14(10-13)22-17(28-15)11-21-19(26)24-8-9-27-16(12-24)18(25)23(4)5/h6-7,10,16H,8-9,11-12H2,1-5H3,(H,21,26)/t16-/m1/s1. The molecule has 2 aromatic rings.